The van der Waals surface area contributed by atoms with Gasteiger partial charge in [0.05, 0.1) is 12.8 Å². The molecule has 1 unspecified atom stereocenters. The average molecular weight is 307 g/mol. The Bertz CT molecular complexity index is 797. The van der Waals surface area contributed by atoms with Crippen LogP contribution in [0.3, 0.4) is 0 Å². The first kappa shape index (κ1) is 14.1. The Kier molecular flexibility index (Phi) is 3.26. The van der Waals surface area contributed by atoms with Crippen LogP contribution in [-0.2, 0) is 19.4 Å². The maximum absolute atomic E-state index is 6.27. The number of benzene rings is 2. The van der Waals surface area contributed by atoms with Crippen molar-refractivity contribution in [1.82, 2.24) is 4.90 Å². The number of fused-ring (bicyclic) bond motifs is 2. The molecular formula is C19H21N3O. The van der Waals surface area contributed by atoms with Crippen LogP contribution >= 0.6 is 0 Å². The Morgan fingerprint density at radius 1 is 1.09 bits per heavy atom. The van der Waals surface area contributed by atoms with Crippen molar-refractivity contribution in [3.8, 4) is 5.75 Å². The number of methoxy groups -OCH3 is 1. The summed E-state index contributed by atoms with van der Waals surface area (Å²) in [5, 5.41) is 0. The number of nitrogens with zero attached hydrogens (tertiary/aromatic N) is 2. The lowest BCUT2D eigenvalue weighted by atomic mass is 10.1. The van der Waals surface area contributed by atoms with Crippen LogP contribution in [0, 0.1) is 6.92 Å². The molecule has 0 saturated heterocycles. The van der Waals surface area contributed by atoms with Gasteiger partial charge in [0, 0.05) is 12.6 Å². The quantitative estimate of drug-likeness (QED) is 0.928. The molecule has 1 atom stereocenters. The number of hydrogen-bond donors (Lipinski definition) is 1. The standard InChI is InChI=1S/C19H21N3O/c1-12-3-4-14-11-22(19(20)21-18(14)7-12)16-8-13-5-6-17(23-2)10-15(13)9-16/h3-7,10,16H,8-9,11H2,1-2H3,(H2,20,21). The van der Waals surface area contributed by atoms with Gasteiger partial charge in [0.2, 0.25) is 0 Å². The van der Waals surface area contributed by atoms with E-state index in [0.717, 1.165) is 30.8 Å². The molecule has 1 aliphatic heterocycles. The zero-order valence-corrected chi connectivity index (χ0v) is 13.5. The van der Waals surface area contributed by atoms with Crippen LogP contribution in [0.2, 0.25) is 0 Å². The highest BCUT2D eigenvalue weighted by molar-refractivity contribution is 5.84. The fourth-order valence-electron chi connectivity index (χ4n) is 3.60. The van der Waals surface area contributed by atoms with E-state index in [2.05, 4.69) is 47.1 Å². The van der Waals surface area contributed by atoms with Crippen molar-refractivity contribution in [2.45, 2.75) is 32.4 Å². The fourth-order valence-corrected chi connectivity index (χ4v) is 3.60. The Labute approximate surface area is 136 Å². The Morgan fingerprint density at radius 2 is 1.87 bits per heavy atom. The first-order valence-corrected chi connectivity index (χ1v) is 8.00. The minimum Gasteiger partial charge on any atom is -0.497 e. The van der Waals surface area contributed by atoms with E-state index in [1.165, 1.54) is 22.3 Å². The van der Waals surface area contributed by atoms with Gasteiger partial charge in [0.25, 0.3) is 0 Å². The monoisotopic (exact) mass is 307 g/mol. The maximum atomic E-state index is 6.27. The lowest BCUT2D eigenvalue weighted by molar-refractivity contribution is 0.305. The summed E-state index contributed by atoms with van der Waals surface area (Å²) in [6.07, 6.45) is 2.00. The third-order valence-corrected chi connectivity index (χ3v) is 4.88. The summed E-state index contributed by atoms with van der Waals surface area (Å²) >= 11 is 0. The van der Waals surface area contributed by atoms with Crippen LogP contribution < -0.4 is 10.5 Å². The lowest BCUT2D eigenvalue weighted by Crippen LogP contribution is -2.46. The van der Waals surface area contributed by atoms with Crippen molar-refractivity contribution in [2.75, 3.05) is 7.11 Å². The summed E-state index contributed by atoms with van der Waals surface area (Å²) in [6, 6.07) is 13.1. The molecule has 0 fully saturated rings. The molecule has 2 N–H and O–H groups in total. The maximum Gasteiger partial charge on any atom is 0.197 e. The molecular weight excluding hydrogens is 286 g/mol. The molecule has 0 amide bonds. The molecule has 0 saturated carbocycles. The second-order valence-corrected chi connectivity index (χ2v) is 6.43. The van der Waals surface area contributed by atoms with E-state index in [1.54, 1.807) is 7.11 Å². The summed E-state index contributed by atoms with van der Waals surface area (Å²) in [4.78, 5) is 6.87. The van der Waals surface area contributed by atoms with Crippen molar-refractivity contribution in [3.05, 3.63) is 58.7 Å². The molecule has 0 bridgehead atoms. The summed E-state index contributed by atoms with van der Waals surface area (Å²) < 4.78 is 5.34. The van der Waals surface area contributed by atoms with E-state index in [9.17, 15) is 0 Å². The minimum atomic E-state index is 0.371. The normalized spacial score (nSPS) is 19.1. The number of ether oxygens (including phenoxy) is 1. The molecule has 2 aliphatic rings. The molecule has 23 heavy (non-hydrogen) atoms. The average Bonchev–Trinajstić information content (AvgIpc) is 2.96. The highest BCUT2D eigenvalue weighted by Crippen LogP contribution is 2.33. The Balaban J connectivity index is 1.60. The van der Waals surface area contributed by atoms with Gasteiger partial charge in [0.1, 0.15) is 5.75 Å². The molecule has 0 aromatic heterocycles. The van der Waals surface area contributed by atoms with Crippen molar-refractivity contribution < 1.29 is 4.74 Å². The van der Waals surface area contributed by atoms with E-state index < -0.39 is 0 Å². The molecule has 0 radical (unpaired) electrons. The molecule has 2 aromatic rings. The topological polar surface area (TPSA) is 50.8 Å². The highest BCUT2D eigenvalue weighted by Gasteiger charge is 2.30. The number of hydrogen-bond acceptors (Lipinski definition) is 4. The zero-order chi connectivity index (χ0) is 16.0. The Morgan fingerprint density at radius 3 is 2.70 bits per heavy atom. The third kappa shape index (κ3) is 2.44. The molecule has 4 nitrogen and oxygen atoms in total. The van der Waals surface area contributed by atoms with Crippen molar-refractivity contribution in [3.63, 3.8) is 0 Å². The number of rotatable bonds is 2. The predicted molar refractivity (Wildman–Crippen MR) is 92.2 cm³/mol. The van der Waals surface area contributed by atoms with Crippen molar-refractivity contribution in [2.24, 2.45) is 10.7 Å². The van der Waals surface area contributed by atoms with Gasteiger partial charge in [-0.15, -0.1) is 0 Å². The highest BCUT2D eigenvalue weighted by atomic mass is 16.5. The van der Waals surface area contributed by atoms with Gasteiger partial charge in [-0.2, -0.15) is 0 Å². The second kappa shape index (κ2) is 5.30. The molecule has 1 aliphatic carbocycles. The van der Waals surface area contributed by atoms with Crippen LogP contribution in [0.15, 0.2) is 41.4 Å². The van der Waals surface area contributed by atoms with Crippen molar-refractivity contribution >= 4 is 11.6 Å². The zero-order valence-electron chi connectivity index (χ0n) is 13.5. The van der Waals surface area contributed by atoms with Gasteiger partial charge in [-0.05, 0) is 60.2 Å². The first-order chi connectivity index (χ1) is 11.1. The van der Waals surface area contributed by atoms with Crippen LogP contribution in [-0.4, -0.2) is 24.0 Å². The van der Waals surface area contributed by atoms with Crippen LogP contribution in [0.1, 0.15) is 22.3 Å². The summed E-state index contributed by atoms with van der Waals surface area (Å²) in [7, 11) is 1.71. The molecule has 0 spiro atoms. The smallest absolute Gasteiger partial charge is 0.197 e. The van der Waals surface area contributed by atoms with E-state index in [0.29, 0.717) is 12.0 Å². The summed E-state index contributed by atoms with van der Waals surface area (Å²) in [6.45, 7) is 2.92. The van der Waals surface area contributed by atoms with Gasteiger partial charge in [-0.25, -0.2) is 4.99 Å². The number of aliphatic imine (C=N–C) groups is 1. The molecule has 2 aromatic carbocycles. The number of nitrogens with two attached hydrogens (primary N) is 1. The molecule has 4 heteroatoms. The van der Waals surface area contributed by atoms with Gasteiger partial charge < -0.3 is 15.4 Å². The molecule has 4 rings (SSSR count). The lowest BCUT2D eigenvalue weighted by Gasteiger charge is -2.33. The fraction of sp³-hybridized carbons (Fsp3) is 0.316. The largest absolute Gasteiger partial charge is 0.497 e. The molecule has 1 heterocycles. The predicted octanol–water partition coefficient (Wildman–Crippen LogP) is 2.93. The second-order valence-electron chi connectivity index (χ2n) is 6.43. The van der Waals surface area contributed by atoms with Crippen LogP contribution in [0.5, 0.6) is 5.75 Å². The van der Waals surface area contributed by atoms with Gasteiger partial charge >= 0.3 is 0 Å². The molecule has 118 valence electrons. The van der Waals surface area contributed by atoms with Gasteiger partial charge in [-0.1, -0.05) is 18.2 Å². The van der Waals surface area contributed by atoms with Crippen LogP contribution in [0.4, 0.5) is 5.69 Å². The van der Waals surface area contributed by atoms with E-state index >= 15 is 0 Å². The minimum absolute atomic E-state index is 0.371. The SMILES string of the molecule is COc1ccc2c(c1)CC(N1Cc3ccc(C)cc3N=C1N)C2. The Hall–Kier alpha value is -2.49. The van der Waals surface area contributed by atoms with E-state index in [1.807, 2.05) is 6.07 Å². The van der Waals surface area contributed by atoms with E-state index in [4.69, 9.17) is 10.5 Å². The van der Waals surface area contributed by atoms with Crippen LogP contribution in [0.25, 0.3) is 0 Å². The van der Waals surface area contributed by atoms with Crippen molar-refractivity contribution in [1.29, 1.82) is 0 Å². The third-order valence-electron chi connectivity index (χ3n) is 4.88. The van der Waals surface area contributed by atoms with E-state index in [-0.39, 0.29) is 0 Å². The first-order valence-electron chi connectivity index (χ1n) is 8.00. The van der Waals surface area contributed by atoms with Gasteiger partial charge in [0.15, 0.2) is 5.96 Å². The summed E-state index contributed by atoms with van der Waals surface area (Å²) in [5.74, 6) is 1.55. The number of guanidine groups is 1. The summed E-state index contributed by atoms with van der Waals surface area (Å²) in [5.41, 5.74) is 12.5. The number of aryl methyl sites for hydroxylation is 1. The van der Waals surface area contributed by atoms with Gasteiger partial charge in [-0.3, -0.25) is 0 Å².